The first-order chi connectivity index (χ1) is 8.45. The first kappa shape index (κ1) is 15.5. The van der Waals surface area contributed by atoms with Crippen LogP contribution in [0.15, 0.2) is 78.9 Å². The molecule has 0 fully saturated rings. The van der Waals surface area contributed by atoms with E-state index in [-0.39, 0.29) is 51.4 Å². The van der Waals surface area contributed by atoms with Crippen LogP contribution in [-0.2, 0) is 0 Å². The Morgan fingerprint density at radius 2 is 1.33 bits per heavy atom. The quantitative estimate of drug-likeness (QED) is 0.443. The van der Waals surface area contributed by atoms with Gasteiger partial charge in [0.15, 0.2) is 0 Å². The van der Waals surface area contributed by atoms with Crippen LogP contribution in [-0.4, -0.2) is 0 Å². The molecule has 2 aromatic carbocycles. The van der Waals surface area contributed by atoms with Crippen molar-refractivity contribution in [2.45, 2.75) is 0 Å². The monoisotopic (exact) mass is 258 g/mol. The van der Waals surface area contributed by atoms with Gasteiger partial charge in [0.05, 0.1) is 0 Å². The Morgan fingerprint density at radius 1 is 0.722 bits per heavy atom. The van der Waals surface area contributed by atoms with Crippen molar-refractivity contribution in [1.29, 1.82) is 0 Å². The Hall–Kier alpha value is -0.574. The van der Waals surface area contributed by atoms with Crippen LogP contribution >= 0.6 is 0 Å². The topological polar surface area (TPSA) is 0 Å². The molecule has 0 saturated carbocycles. The van der Waals surface area contributed by atoms with E-state index < -0.39 is 0 Å². The van der Waals surface area contributed by atoms with Crippen molar-refractivity contribution >= 4 is 6.08 Å². The fourth-order valence-electron chi connectivity index (χ4n) is 1.53. The molecular weight excluding hydrogens is 243 g/mol. The molecule has 0 aromatic heterocycles. The number of allylic oxidation sites excluding steroid dienone is 3. The van der Waals surface area contributed by atoms with Crippen LogP contribution in [0.4, 0.5) is 0 Å². The maximum atomic E-state index is 2.09. The van der Waals surface area contributed by atoms with Gasteiger partial charge in [0, 0.05) is 0 Å². The normalized spacial score (nSPS) is 10.4. The van der Waals surface area contributed by atoms with Crippen LogP contribution < -0.4 is 51.4 Å². The summed E-state index contributed by atoms with van der Waals surface area (Å²) < 4.78 is 0. The summed E-state index contributed by atoms with van der Waals surface area (Å²) in [6.07, 6.45) is 10.3. The molecule has 2 aromatic rings. The van der Waals surface area contributed by atoms with Crippen LogP contribution in [0.3, 0.4) is 0 Å². The summed E-state index contributed by atoms with van der Waals surface area (Å²) in [4.78, 5) is 0. The summed E-state index contributed by atoms with van der Waals surface area (Å²) in [7, 11) is 0. The third kappa shape index (κ3) is 5.85. The molecule has 84 valence electrons. The molecular formula is C17H15K. The van der Waals surface area contributed by atoms with Crippen LogP contribution in [0.1, 0.15) is 11.1 Å². The molecule has 0 saturated heterocycles. The molecule has 18 heavy (non-hydrogen) atoms. The second-order valence-corrected chi connectivity index (χ2v) is 3.73. The Balaban J connectivity index is 0.00000162. The second kappa shape index (κ2) is 9.37. The third-order valence-electron chi connectivity index (χ3n) is 2.40. The second-order valence-electron chi connectivity index (χ2n) is 3.73. The van der Waals surface area contributed by atoms with Gasteiger partial charge in [-0.1, -0.05) is 42.5 Å². The van der Waals surface area contributed by atoms with Crippen molar-refractivity contribution in [2.75, 3.05) is 0 Å². The number of hydrogen-bond acceptors (Lipinski definition) is 0. The van der Waals surface area contributed by atoms with Gasteiger partial charge in [-0.3, -0.25) is 0 Å². The Morgan fingerprint density at radius 3 is 2.00 bits per heavy atom. The largest absolute Gasteiger partial charge is 1.00 e. The van der Waals surface area contributed by atoms with E-state index in [2.05, 4.69) is 48.9 Å². The minimum Gasteiger partial charge on any atom is -0.148 e. The van der Waals surface area contributed by atoms with Gasteiger partial charge < -0.3 is 0 Å². The molecule has 0 radical (unpaired) electrons. The van der Waals surface area contributed by atoms with Crippen molar-refractivity contribution in [1.82, 2.24) is 0 Å². The average Bonchev–Trinajstić information content (AvgIpc) is 2.41. The van der Waals surface area contributed by atoms with Crippen LogP contribution in [0.25, 0.3) is 6.08 Å². The van der Waals surface area contributed by atoms with Gasteiger partial charge in [0.25, 0.3) is 0 Å². The van der Waals surface area contributed by atoms with Gasteiger partial charge in [-0.2, -0.15) is 0 Å². The summed E-state index contributed by atoms with van der Waals surface area (Å²) in [6, 6.07) is 20.6. The van der Waals surface area contributed by atoms with E-state index in [0.29, 0.717) is 0 Å². The number of hydrogen-bond donors (Lipinski definition) is 0. The molecule has 0 heterocycles. The molecule has 0 atom stereocenters. The molecule has 0 unspecified atom stereocenters. The molecule has 2 rings (SSSR count). The Bertz CT molecular complexity index is 484. The zero-order valence-corrected chi connectivity index (χ0v) is 13.8. The van der Waals surface area contributed by atoms with Crippen molar-refractivity contribution in [3.8, 4) is 0 Å². The smallest absolute Gasteiger partial charge is 0.148 e. The summed E-state index contributed by atoms with van der Waals surface area (Å²) in [5.74, 6) is 0. The average molecular weight is 258 g/mol. The first-order valence-electron chi connectivity index (χ1n) is 5.73. The SMILES string of the molecule is C(C=Cc1ccccc1)=C[CH-]c1ccccc1.[K+]. The maximum absolute atomic E-state index is 2.09. The van der Waals surface area contributed by atoms with E-state index in [1.807, 2.05) is 42.5 Å². The molecule has 0 N–H and O–H groups in total. The zero-order valence-electron chi connectivity index (χ0n) is 10.7. The molecule has 0 aliphatic carbocycles. The molecule has 0 nitrogen and oxygen atoms in total. The predicted octanol–water partition coefficient (Wildman–Crippen LogP) is 1.51. The van der Waals surface area contributed by atoms with E-state index in [1.54, 1.807) is 0 Å². The molecule has 1 heteroatoms. The van der Waals surface area contributed by atoms with Crippen molar-refractivity contribution in [2.24, 2.45) is 0 Å². The minimum absolute atomic E-state index is 0. The molecule has 0 aliphatic rings. The standard InChI is InChI=1S/C17H15.K/c1-4-10-16(11-5-1)14-8-3-9-15-17-12-6-2-7-13-17;/h1-15H;/q-1;+1. The van der Waals surface area contributed by atoms with Gasteiger partial charge in [-0.25, -0.2) is 0 Å². The van der Waals surface area contributed by atoms with Gasteiger partial charge in [0.2, 0.25) is 0 Å². The predicted molar refractivity (Wildman–Crippen MR) is 74.5 cm³/mol. The summed E-state index contributed by atoms with van der Waals surface area (Å²) in [6.45, 7) is 0. The van der Waals surface area contributed by atoms with Crippen molar-refractivity contribution < 1.29 is 51.4 Å². The number of rotatable bonds is 4. The van der Waals surface area contributed by atoms with Gasteiger partial charge in [-0.05, 0) is 5.56 Å². The van der Waals surface area contributed by atoms with E-state index >= 15 is 0 Å². The van der Waals surface area contributed by atoms with Crippen LogP contribution in [0, 0.1) is 6.42 Å². The first-order valence-corrected chi connectivity index (χ1v) is 5.73. The van der Waals surface area contributed by atoms with E-state index in [1.165, 1.54) is 11.1 Å². The van der Waals surface area contributed by atoms with E-state index in [9.17, 15) is 0 Å². The van der Waals surface area contributed by atoms with Crippen LogP contribution in [0.2, 0.25) is 0 Å². The molecule has 0 amide bonds. The zero-order chi connectivity index (χ0) is 11.8. The third-order valence-corrected chi connectivity index (χ3v) is 2.40. The van der Waals surface area contributed by atoms with Crippen molar-refractivity contribution in [3.63, 3.8) is 0 Å². The Kier molecular flexibility index (Phi) is 8.06. The van der Waals surface area contributed by atoms with Gasteiger partial charge >= 0.3 is 51.4 Å². The summed E-state index contributed by atoms with van der Waals surface area (Å²) in [5, 5.41) is 0. The van der Waals surface area contributed by atoms with E-state index in [0.717, 1.165) is 0 Å². The number of benzene rings is 2. The molecule has 0 spiro atoms. The molecule has 0 aliphatic heterocycles. The Labute approximate surface area is 152 Å². The van der Waals surface area contributed by atoms with E-state index in [4.69, 9.17) is 0 Å². The fourth-order valence-corrected chi connectivity index (χ4v) is 1.53. The minimum atomic E-state index is 0. The van der Waals surface area contributed by atoms with Gasteiger partial charge in [0.1, 0.15) is 0 Å². The van der Waals surface area contributed by atoms with Crippen molar-refractivity contribution in [3.05, 3.63) is 96.4 Å². The van der Waals surface area contributed by atoms with Gasteiger partial charge in [-0.15, -0.1) is 54.5 Å². The molecule has 0 bridgehead atoms. The maximum Gasteiger partial charge on any atom is 1.00 e. The fraction of sp³-hybridized carbons (Fsp3) is 0. The summed E-state index contributed by atoms with van der Waals surface area (Å²) in [5.41, 5.74) is 2.44. The summed E-state index contributed by atoms with van der Waals surface area (Å²) >= 11 is 0. The van der Waals surface area contributed by atoms with Crippen LogP contribution in [0.5, 0.6) is 0 Å².